The molecule has 92 valence electrons. The Labute approximate surface area is 99.7 Å². The zero-order valence-electron chi connectivity index (χ0n) is 9.37. The second-order valence-electron chi connectivity index (χ2n) is 3.84. The van der Waals surface area contributed by atoms with Crippen LogP contribution in [0.3, 0.4) is 0 Å². The average Bonchev–Trinajstić information content (AvgIpc) is 2.76. The number of nitrogens with zero attached hydrogens (tertiary/aromatic N) is 4. The smallest absolute Gasteiger partial charge is 0.263 e. The normalized spacial score (nSPS) is 22.2. The number of aryl methyl sites for hydroxylation is 1. The highest BCUT2D eigenvalue weighted by Crippen LogP contribution is 2.17. The summed E-state index contributed by atoms with van der Waals surface area (Å²) >= 11 is 0. The number of piperazine rings is 1. The number of aromatic nitrogens is 2. The Hall–Kier alpha value is -1.43. The summed E-state index contributed by atoms with van der Waals surface area (Å²) < 4.78 is 27.2. The minimum Gasteiger partial charge on any atom is -0.339 e. The molecule has 1 aromatic rings. The molecule has 1 aliphatic heterocycles. The van der Waals surface area contributed by atoms with Gasteiger partial charge in [0.2, 0.25) is 0 Å². The van der Waals surface area contributed by atoms with Crippen molar-refractivity contribution in [2.24, 2.45) is 7.05 Å². The summed E-state index contributed by atoms with van der Waals surface area (Å²) in [5.41, 5.74) is 0. The molecule has 0 aliphatic carbocycles. The fourth-order valence-electron chi connectivity index (χ4n) is 1.73. The van der Waals surface area contributed by atoms with E-state index >= 15 is 0 Å². The standard InChI is InChI=1S/C9H13N5O2S/c1-13-6-9(12-7-13)17(15,16)14-3-2-11-5-8(14)4-10/h6-8,11H,2-3,5H2,1H3. The summed E-state index contributed by atoms with van der Waals surface area (Å²) in [5.74, 6) is 0. The summed E-state index contributed by atoms with van der Waals surface area (Å²) in [6.07, 6.45) is 2.86. The third kappa shape index (κ3) is 2.17. The van der Waals surface area contributed by atoms with Crippen LogP contribution in [0.4, 0.5) is 0 Å². The summed E-state index contributed by atoms with van der Waals surface area (Å²) in [7, 11) is -1.96. The van der Waals surface area contributed by atoms with Gasteiger partial charge >= 0.3 is 0 Å². The van der Waals surface area contributed by atoms with E-state index < -0.39 is 16.1 Å². The first kappa shape index (κ1) is 12.0. The third-order valence-corrected chi connectivity index (χ3v) is 4.39. The van der Waals surface area contributed by atoms with Gasteiger partial charge in [-0.1, -0.05) is 0 Å². The van der Waals surface area contributed by atoms with Crippen LogP contribution < -0.4 is 5.32 Å². The molecule has 2 heterocycles. The van der Waals surface area contributed by atoms with Crippen LogP contribution in [0.1, 0.15) is 0 Å². The Morgan fingerprint density at radius 1 is 1.65 bits per heavy atom. The molecule has 7 nitrogen and oxygen atoms in total. The van der Waals surface area contributed by atoms with E-state index in [-0.39, 0.29) is 11.6 Å². The largest absolute Gasteiger partial charge is 0.339 e. The van der Waals surface area contributed by atoms with Gasteiger partial charge in [-0.2, -0.15) is 9.57 Å². The van der Waals surface area contributed by atoms with Gasteiger partial charge in [-0.05, 0) is 0 Å². The van der Waals surface area contributed by atoms with Gasteiger partial charge in [0.15, 0.2) is 5.03 Å². The summed E-state index contributed by atoms with van der Waals surface area (Å²) in [6, 6.07) is 1.32. The number of sulfonamides is 1. The van der Waals surface area contributed by atoms with Crippen LogP contribution in [-0.4, -0.2) is 48.0 Å². The van der Waals surface area contributed by atoms with E-state index in [0.29, 0.717) is 13.1 Å². The zero-order chi connectivity index (χ0) is 12.5. The molecular weight excluding hydrogens is 242 g/mol. The second-order valence-corrected chi connectivity index (χ2v) is 5.68. The van der Waals surface area contributed by atoms with Crippen molar-refractivity contribution in [2.75, 3.05) is 19.6 Å². The van der Waals surface area contributed by atoms with E-state index in [9.17, 15) is 8.42 Å². The fraction of sp³-hybridized carbons (Fsp3) is 0.556. The molecule has 8 heteroatoms. The minimum atomic E-state index is -3.66. The molecule has 0 amide bonds. The lowest BCUT2D eigenvalue weighted by atomic mass is 10.3. The predicted molar refractivity (Wildman–Crippen MR) is 59.4 cm³/mol. The SMILES string of the molecule is Cn1cnc(S(=O)(=O)N2CCNCC2C#N)c1. The van der Waals surface area contributed by atoms with Crippen molar-refractivity contribution in [1.82, 2.24) is 19.2 Å². The lowest BCUT2D eigenvalue weighted by Gasteiger charge is -2.30. The molecule has 0 bridgehead atoms. The number of imidazole rings is 1. The van der Waals surface area contributed by atoms with Crippen molar-refractivity contribution in [2.45, 2.75) is 11.1 Å². The molecule has 1 atom stereocenters. The van der Waals surface area contributed by atoms with E-state index in [0.717, 1.165) is 0 Å². The molecule has 1 unspecified atom stereocenters. The number of nitrogens with one attached hydrogen (secondary N) is 1. The van der Waals surface area contributed by atoms with Crippen molar-refractivity contribution in [3.8, 4) is 6.07 Å². The molecule has 1 saturated heterocycles. The average molecular weight is 255 g/mol. The lowest BCUT2D eigenvalue weighted by molar-refractivity contribution is 0.311. The Morgan fingerprint density at radius 3 is 3.00 bits per heavy atom. The van der Waals surface area contributed by atoms with E-state index in [1.807, 2.05) is 6.07 Å². The zero-order valence-corrected chi connectivity index (χ0v) is 10.2. The van der Waals surface area contributed by atoms with Crippen molar-refractivity contribution in [3.05, 3.63) is 12.5 Å². The number of rotatable bonds is 2. The van der Waals surface area contributed by atoms with Crippen LogP contribution in [0.5, 0.6) is 0 Å². The highest BCUT2D eigenvalue weighted by Gasteiger charge is 2.34. The van der Waals surface area contributed by atoms with Gasteiger partial charge in [-0.3, -0.25) is 0 Å². The van der Waals surface area contributed by atoms with Gasteiger partial charge in [-0.25, -0.2) is 13.4 Å². The van der Waals surface area contributed by atoms with Gasteiger partial charge in [-0.15, -0.1) is 0 Å². The number of hydrogen-bond acceptors (Lipinski definition) is 5. The first-order valence-electron chi connectivity index (χ1n) is 5.16. The van der Waals surface area contributed by atoms with Crippen LogP contribution in [0.2, 0.25) is 0 Å². The minimum absolute atomic E-state index is 0.0119. The van der Waals surface area contributed by atoms with Crippen LogP contribution in [0.15, 0.2) is 17.6 Å². The van der Waals surface area contributed by atoms with Crippen LogP contribution in [-0.2, 0) is 17.1 Å². The van der Waals surface area contributed by atoms with E-state index in [1.165, 1.54) is 16.8 Å². The Balaban J connectivity index is 2.35. The first-order valence-corrected chi connectivity index (χ1v) is 6.60. The molecule has 1 aromatic heterocycles. The van der Waals surface area contributed by atoms with E-state index in [4.69, 9.17) is 5.26 Å². The highest BCUT2D eigenvalue weighted by molar-refractivity contribution is 7.89. The maximum Gasteiger partial charge on any atom is 0.263 e. The predicted octanol–water partition coefficient (Wildman–Crippen LogP) is -1.09. The maximum absolute atomic E-state index is 12.2. The molecule has 0 spiro atoms. The van der Waals surface area contributed by atoms with Gasteiger partial charge < -0.3 is 9.88 Å². The lowest BCUT2D eigenvalue weighted by Crippen LogP contribution is -2.52. The van der Waals surface area contributed by atoms with Crippen molar-refractivity contribution >= 4 is 10.0 Å². The van der Waals surface area contributed by atoms with Crippen LogP contribution in [0, 0.1) is 11.3 Å². The van der Waals surface area contributed by atoms with Crippen molar-refractivity contribution < 1.29 is 8.42 Å². The molecule has 0 aromatic carbocycles. The van der Waals surface area contributed by atoms with E-state index in [2.05, 4.69) is 10.3 Å². The maximum atomic E-state index is 12.2. The molecule has 2 rings (SSSR count). The summed E-state index contributed by atoms with van der Waals surface area (Å²) in [4.78, 5) is 3.83. The van der Waals surface area contributed by atoms with Crippen LogP contribution in [0.25, 0.3) is 0 Å². The first-order chi connectivity index (χ1) is 8.05. The summed E-state index contributed by atoms with van der Waals surface area (Å²) in [6.45, 7) is 1.18. The van der Waals surface area contributed by atoms with Crippen molar-refractivity contribution in [1.29, 1.82) is 5.26 Å². The second kappa shape index (κ2) is 4.44. The molecule has 1 aliphatic rings. The Bertz CT molecular complexity index is 544. The number of hydrogen-bond donors (Lipinski definition) is 1. The fourth-order valence-corrected chi connectivity index (χ4v) is 3.23. The molecule has 1 N–H and O–H groups in total. The quantitative estimate of drug-likeness (QED) is 0.725. The Kier molecular flexibility index (Phi) is 3.15. The van der Waals surface area contributed by atoms with Gasteiger partial charge in [0.1, 0.15) is 6.04 Å². The highest BCUT2D eigenvalue weighted by atomic mass is 32.2. The molecule has 0 radical (unpaired) electrons. The van der Waals surface area contributed by atoms with Crippen molar-refractivity contribution in [3.63, 3.8) is 0 Å². The molecule has 0 saturated carbocycles. The molecule has 17 heavy (non-hydrogen) atoms. The van der Waals surface area contributed by atoms with Gasteiger partial charge in [0.05, 0.1) is 12.4 Å². The van der Waals surface area contributed by atoms with Gasteiger partial charge in [0, 0.05) is 32.9 Å². The third-order valence-electron chi connectivity index (χ3n) is 2.60. The number of nitriles is 1. The topological polar surface area (TPSA) is 91.0 Å². The van der Waals surface area contributed by atoms with E-state index in [1.54, 1.807) is 11.6 Å². The van der Waals surface area contributed by atoms with Crippen LogP contribution >= 0.6 is 0 Å². The Morgan fingerprint density at radius 2 is 2.41 bits per heavy atom. The van der Waals surface area contributed by atoms with Gasteiger partial charge in [0.25, 0.3) is 10.0 Å². The molecular formula is C9H13N5O2S. The molecule has 1 fully saturated rings. The monoisotopic (exact) mass is 255 g/mol. The summed E-state index contributed by atoms with van der Waals surface area (Å²) in [5, 5.41) is 11.9.